The van der Waals surface area contributed by atoms with Crippen molar-refractivity contribution >= 4 is 11.8 Å². The third-order valence-corrected chi connectivity index (χ3v) is 4.17. The highest BCUT2D eigenvalue weighted by Gasteiger charge is 2.56. The highest BCUT2D eigenvalue weighted by Crippen LogP contribution is 2.50. The fourth-order valence-electron chi connectivity index (χ4n) is 3.36. The quantitative estimate of drug-likeness (QED) is 0.752. The van der Waals surface area contributed by atoms with Gasteiger partial charge in [0.05, 0.1) is 5.41 Å². The lowest BCUT2D eigenvalue weighted by atomic mass is 9.76. The van der Waals surface area contributed by atoms with Crippen molar-refractivity contribution in [2.24, 2.45) is 5.41 Å². The van der Waals surface area contributed by atoms with E-state index in [1.807, 2.05) is 37.4 Å². The Balaban J connectivity index is 2.05. The van der Waals surface area contributed by atoms with E-state index in [1.165, 1.54) is 0 Å². The minimum absolute atomic E-state index is 0.00477. The second-order valence-corrected chi connectivity index (χ2v) is 5.25. The molecule has 0 aliphatic carbocycles. The fraction of sp³-hybridized carbons (Fsp3) is 0.429. The molecule has 1 N–H and O–H groups in total. The monoisotopic (exact) mass is 244 g/mol. The molecule has 94 valence electrons. The first kappa shape index (κ1) is 11.4. The van der Waals surface area contributed by atoms with Crippen LogP contribution < -0.4 is 5.32 Å². The maximum Gasteiger partial charge on any atom is 0.235 e. The zero-order chi connectivity index (χ0) is 12.8. The van der Waals surface area contributed by atoms with Gasteiger partial charge in [0, 0.05) is 12.5 Å². The Morgan fingerprint density at radius 2 is 2.00 bits per heavy atom. The first-order valence-electron chi connectivity index (χ1n) is 6.23. The van der Waals surface area contributed by atoms with Gasteiger partial charge in [-0.3, -0.25) is 19.8 Å². The van der Waals surface area contributed by atoms with E-state index in [0.717, 1.165) is 18.5 Å². The van der Waals surface area contributed by atoms with E-state index in [0.29, 0.717) is 6.42 Å². The number of likely N-dealkylation sites (tertiary alicyclic amines) is 1. The molecule has 2 heterocycles. The third kappa shape index (κ3) is 1.49. The largest absolute Gasteiger partial charge is 0.298 e. The van der Waals surface area contributed by atoms with Gasteiger partial charge < -0.3 is 0 Å². The smallest absolute Gasteiger partial charge is 0.235 e. The standard InChI is InChI=1S/C14H16N2O2/c1-16-8-7-14(9-11(17)15-13(14)18)12(16)10-5-3-2-4-6-10/h2-6,12H,7-9H2,1H3,(H,15,17,18). The number of amides is 2. The van der Waals surface area contributed by atoms with Crippen molar-refractivity contribution < 1.29 is 9.59 Å². The average Bonchev–Trinajstić information content (AvgIpc) is 2.82. The van der Waals surface area contributed by atoms with E-state index in [4.69, 9.17) is 0 Å². The number of carbonyl (C=O) groups is 2. The van der Waals surface area contributed by atoms with E-state index in [9.17, 15) is 9.59 Å². The van der Waals surface area contributed by atoms with Gasteiger partial charge in [-0.1, -0.05) is 30.3 Å². The summed E-state index contributed by atoms with van der Waals surface area (Å²) in [5, 5.41) is 2.47. The summed E-state index contributed by atoms with van der Waals surface area (Å²) in [4.78, 5) is 25.9. The summed E-state index contributed by atoms with van der Waals surface area (Å²) >= 11 is 0. The van der Waals surface area contributed by atoms with Crippen molar-refractivity contribution in [2.75, 3.05) is 13.6 Å². The summed E-state index contributed by atoms with van der Waals surface area (Å²) in [5.74, 6) is -0.248. The van der Waals surface area contributed by atoms with Crippen molar-refractivity contribution in [1.82, 2.24) is 10.2 Å². The first-order valence-corrected chi connectivity index (χ1v) is 6.23. The van der Waals surface area contributed by atoms with Crippen molar-refractivity contribution in [3.05, 3.63) is 35.9 Å². The maximum absolute atomic E-state index is 12.2. The van der Waals surface area contributed by atoms with E-state index in [2.05, 4.69) is 10.2 Å². The predicted molar refractivity (Wildman–Crippen MR) is 66.6 cm³/mol. The fourth-order valence-corrected chi connectivity index (χ4v) is 3.36. The van der Waals surface area contributed by atoms with Crippen LogP contribution in [0.5, 0.6) is 0 Å². The molecule has 2 aliphatic heterocycles. The van der Waals surface area contributed by atoms with E-state index in [1.54, 1.807) is 0 Å². The van der Waals surface area contributed by atoms with Crippen LogP contribution >= 0.6 is 0 Å². The first-order chi connectivity index (χ1) is 8.63. The van der Waals surface area contributed by atoms with Crippen molar-refractivity contribution in [2.45, 2.75) is 18.9 Å². The molecule has 2 unspecified atom stereocenters. The van der Waals surface area contributed by atoms with Gasteiger partial charge in [-0.15, -0.1) is 0 Å². The molecule has 2 saturated heterocycles. The molecule has 2 atom stereocenters. The molecule has 4 nitrogen and oxygen atoms in total. The summed E-state index contributed by atoms with van der Waals surface area (Å²) in [7, 11) is 2.02. The summed E-state index contributed by atoms with van der Waals surface area (Å²) in [6.07, 6.45) is 1.07. The van der Waals surface area contributed by atoms with Crippen LogP contribution in [0.25, 0.3) is 0 Å². The molecule has 0 aromatic heterocycles. The lowest BCUT2D eigenvalue weighted by Crippen LogP contribution is -2.36. The Hall–Kier alpha value is -1.68. The van der Waals surface area contributed by atoms with Crippen LogP contribution in [-0.2, 0) is 9.59 Å². The van der Waals surface area contributed by atoms with Gasteiger partial charge in [0.25, 0.3) is 0 Å². The van der Waals surface area contributed by atoms with Gasteiger partial charge in [0.1, 0.15) is 0 Å². The van der Waals surface area contributed by atoms with Gasteiger partial charge in [0.2, 0.25) is 11.8 Å². The number of rotatable bonds is 1. The predicted octanol–water partition coefficient (Wildman–Crippen LogP) is 1.10. The zero-order valence-electron chi connectivity index (χ0n) is 10.3. The minimum atomic E-state index is -0.562. The highest BCUT2D eigenvalue weighted by atomic mass is 16.2. The minimum Gasteiger partial charge on any atom is -0.298 e. The number of nitrogens with one attached hydrogen (secondary N) is 1. The molecule has 2 fully saturated rings. The lowest BCUT2D eigenvalue weighted by molar-refractivity contribution is -0.129. The molecule has 0 saturated carbocycles. The van der Waals surface area contributed by atoms with Crippen molar-refractivity contribution in [1.29, 1.82) is 0 Å². The molecular formula is C14H16N2O2. The number of benzene rings is 1. The third-order valence-electron chi connectivity index (χ3n) is 4.17. The molecule has 18 heavy (non-hydrogen) atoms. The Morgan fingerprint density at radius 3 is 2.61 bits per heavy atom. The van der Waals surface area contributed by atoms with Crippen LogP contribution in [0.3, 0.4) is 0 Å². The van der Waals surface area contributed by atoms with Crippen molar-refractivity contribution in [3.63, 3.8) is 0 Å². The van der Waals surface area contributed by atoms with Crippen molar-refractivity contribution in [3.8, 4) is 0 Å². The molecule has 3 rings (SSSR count). The Morgan fingerprint density at radius 1 is 1.28 bits per heavy atom. The van der Waals surface area contributed by atoms with Gasteiger partial charge in [0.15, 0.2) is 0 Å². The van der Waals surface area contributed by atoms with E-state index < -0.39 is 5.41 Å². The molecular weight excluding hydrogens is 228 g/mol. The highest BCUT2D eigenvalue weighted by molar-refractivity contribution is 6.06. The van der Waals surface area contributed by atoms with E-state index in [-0.39, 0.29) is 17.9 Å². The number of hydrogen-bond donors (Lipinski definition) is 1. The van der Waals surface area contributed by atoms with Crippen LogP contribution in [0.1, 0.15) is 24.4 Å². The average molecular weight is 244 g/mol. The van der Waals surface area contributed by atoms with Crippen LogP contribution in [0, 0.1) is 5.41 Å². The second-order valence-electron chi connectivity index (χ2n) is 5.25. The number of carbonyl (C=O) groups excluding carboxylic acids is 2. The number of hydrogen-bond acceptors (Lipinski definition) is 3. The summed E-state index contributed by atoms with van der Waals surface area (Å²) in [6, 6.07) is 9.98. The molecule has 1 aromatic carbocycles. The Bertz CT molecular complexity index is 500. The van der Waals surface area contributed by atoms with Crippen LogP contribution in [-0.4, -0.2) is 30.3 Å². The summed E-state index contributed by atoms with van der Waals surface area (Å²) < 4.78 is 0. The SMILES string of the molecule is CN1CCC2(CC(=O)NC2=O)C1c1ccccc1. The topological polar surface area (TPSA) is 49.4 Å². The van der Waals surface area contributed by atoms with Gasteiger partial charge >= 0.3 is 0 Å². The van der Waals surface area contributed by atoms with Gasteiger partial charge in [-0.2, -0.15) is 0 Å². The molecule has 1 spiro atoms. The van der Waals surface area contributed by atoms with Gasteiger partial charge in [-0.25, -0.2) is 0 Å². The molecule has 2 aliphatic rings. The number of nitrogens with zero attached hydrogens (tertiary/aromatic N) is 1. The zero-order valence-corrected chi connectivity index (χ0v) is 10.3. The molecule has 1 aromatic rings. The van der Waals surface area contributed by atoms with E-state index >= 15 is 0 Å². The Labute approximate surface area is 106 Å². The maximum atomic E-state index is 12.2. The van der Waals surface area contributed by atoms with Crippen LogP contribution in [0.4, 0.5) is 0 Å². The molecule has 0 bridgehead atoms. The lowest BCUT2D eigenvalue weighted by Gasteiger charge is -2.31. The molecule has 0 radical (unpaired) electrons. The second kappa shape index (κ2) is 3.92. The Kier molecular flexibility index (Phi) is 2.48. The molecule has 2 amide bonds. The summed E-state index contributed by atoms with van der Waals surface area (Å²) in [5.41, 5.74) is 0.551. The molecule has 4 heteroatoms. The van der Waals surface area contributed by atoms with Crippen LogP contribution in [0.15, 0.2) is 30.3 Å². The normalized spacial score (nSPS) is 32.2. The van der Waals surface area contributed by atoms with Gasteiger partial charge in [-0.05, 0) is 25.6 Å². The number of imide groups is 1. The summed E-state index contributed by atoms with van der Waals surface area (Å²) in [6.45, 7) is 0.847. The van der Waals surface area contributed by atoms with Crippen LogP contribution in [0.2, 0.25) is 0 Å².